The summed E-state index contributed by atoms with van der Waals surface area (Å²) in [6.07, 6.45) is 4.88. The van der Waals surface area contributed by atoms with E-state index in [1.54, 1.807) is 11.3 Å². The van der Waals surface area contributed by atoms with Gasteiger partial charge in [0.05, 0.1) is 0 Å². The molecule has 0 unspecified atom stereocenters. The van der Waals surface area contributed by atoms with Gasteiger partial charge in [0.25, 0.3) is 0 Å². The molecule has 3 heterocycles. The van der Waals surface area contributed by atoms with Crippen LogP contribution in [0, 0.1) is 0 Å². The van der Waals surface area contributed by atoms with Gasteiger partial charge in [0, 0.05) is 0 Å². The van der Waals surface area contributed by atoms with Crippen LogP contribution in [0.1, 0.15) is 18.4 Å². The fourth-order valence-corrected chi connectivity index (χ4v) is 7.22. The third-order valence-corrected chi connectivity index (χ3v) is 9.23. The molecule has 137 valence electrons. The second-order valence-electron chi connectivity index (χ2n) is 6.89. The van der Waals surface area contributed by atoms with E-state index >= 15 is 0 Å². The van der Waals surface area contributed by atoms with Crippen molar-refractivity contribution in [2.45, 2.75) is 22.8 Å². The second kappa shape index (κ2) is 7.67. The summed E-state index contributed by atoms with van der Waals surface area (Å²) < 4.78 is 8.13. The van der Waals surface area contributed by atoms with Crippen LogP contribution in [0.5, 0.6) is 10.9 Å². The Morgan fingerprint density at radius 1 is 1.15 bits per heavy atom. The third-order valence-electron chi connectivity index (χ3n) is 5.05. The van der Waals surface area contributed by atoms with Crippen LogP contribution < -0.4 is 10.1 Å². The number of ether oxygens (including phenoxy) is 1. The Hall–Kier alpha value is -1.81. The number of piperidine rings is 1. The van der Waals surface area contributed by atoms with E-state index in [0.29, 0.717) is 20.9 Å². The summed E-state index contributed by atoms with van der Waals surface area (Å²) in [6, 6.07) is 14.5. The van der Waals surface area contributed by atoms with Gasteiger partial charge in [-0.3, -0.25) is 0 Å². The summed E-state index contributed by atoms with van der Waals surface area (Å²) in [4.78, 5) is 7.99. The van der Waals surface area contributed by atoms with Gasteiger partial charge in [-0.05, 0) is 0 Å². The maximum absolute atomic E-state index is 6.02. The first-order chi connectivity index (χ1) is 13.3. The number of para-hydroxylation sites is 1. The molecule has 0 amide bonds. The van der Waals surface area contributed by atoms with Crippen molar-refractivity contribution in [2.24, 2.45) is 0 Å². The summed E-state index contributed by atoms with van der Waals surface area (Å²) in [5.41, 5.74) is 3.59. The van der Waals surface area contributed by atoms with Gasteiger partial charge >= 0.3 is 169 Å². The number of benzene rings is 2. The van der Waals surface area contributed by atoms with E-state index in [9.17, 15) is 0 Å². The van der Waals surface area contributed by atoms with Crippen LogP contribution >= 0.6 is 11.3 Å². The second-order valence-corrected chi connectivity index (χ2v) is 10.8. The molecule has 0 atom stereocenters. The van der Waals surface area contributed by atoms with E-state index in [1.807, 2.05) is 18.2 Å². The molecule has 1 fully saturated rings. The molecule has 5 rings (SSSR count). The average molecular weight is 438 g/mol. The molecule has 27 heavy (non-hydrogen) atoms. The fourth-order valence-electron chi connectivity index (χ4n) is 3.57. The third kappa shape index (κ3) is 3.77. The molecule has 0 aliphatic carbocycles. The number of nitrogens with one attached hydrogen (secondary N) is 2. The topological polar surface area (TPSA) is 49.9 Å². The summed E-state index contributed by atoms with van der Waals surface area (Å²) >= 11 is 1.95. The number of aromatic amines is 1. The van der Waals surface area contributed by atoms with Crippen LogP contribution in [0.2, 0.25) is 4.71 Å². The molecule has 0 spiro atoms. The Bertz CT molecular complexity index is 1030. The maximum atomic E-state index is 6.02. The summed E-state index contributed by atoms with van der Waals surface area (Å²) in [5.74, 6) is 0.835. The van der Waals surface area contributed by atoms with Crippen LogP contribution in [0.25, 0.3) is 21.1 Å². The number of aromatic nitrogens is 2. The molecule has 0 saturated carbocycles. The molecule has 2 N–H and O–H groups in total. The zero-order valence-corrected chi connectivity index (χ0v) is 17.6. The molecule has 1 aliphatic rings. The van der Waals surface area contributed by atoms with Gasteiger partial charge in [-0.25, -0.2) is 0 Å². The molecule has 0 bridgehead atoms. The number of H-pyrrole nitrogens is 1. The van der Waals surface area contributed by atoms with Crippen molar-refractivity contribution in [3.8, 4) is 10.9 Å². The van der Waals surface area contributed by atoms with Crippen LogP contribution in [0.4, 0.5) is 0 Å². The van der Waals surface area contributed by atoms with Crippen molar-refractivity contribution in [1.29, 1.82) is 0 Å². The molecule has 2 aromatic carbocycles. The van der Waals surface area contributed by atoms with Gasteiger partial charge in [-0.2, -0.15) is 0 Å². The Morgan fingerprint density at radius 2 is 2.04 bits per heavy atom. The predicted octanol–water partition coefficient (Wildman–Crippen LogP) is 4.95. The Balaban J connectivity index is 1.31. The Kier molecular flexibility index (Phi) is 4.91. The zero-order valence-electron chi connectivity index (χ0n) is 14.9. The number of hydrogen-bond donors (Lipinski definition) is 2. The van der Waals surface area contributed by atoms with Crippen LogP contribution in [0.15, 0.2) is 48.7 Å². The quantitative estimate of drug-likeness (QED) is 0.434. The molecule has 4 nitrogen and oxygen atoms in total. The number of thiazole rings is 1. The van der Waals surface area contributed by atoms with Crippen LogP contribution in [-0.4, -0.2) is 38.8 Å². The molecule has 1 aliphatic heterocycles. The number of rotatable bonds is 5. The van der Waals surface area contributed by atoms with E-state index in [4.69, 9.17) is 4.74 Å². The summed E-state index contributed by atoms with van der Waals surface area (Å²) in [7, 11) is 0. The first-order valence-corrected chi connectivity index (χ1v) is 12.6. The van der Waals surface area contributed by atoms with Crippen molar-refractivity contribution >= 4 is 48.2 Å². The number of fused-ring (bicyclic) bond motifs is 2. The first-order valence-electron chi connectivity index (χ1n) is 9.36. The van der Waals surface area contributed by atoms with E-state index < -0.39 is 0 Å². The van der Waals surface area contributed by atoms with Crippen molar-refractivity contribution < 1.29 is 4.74 Å². The van der Waals surface area contributed by atoms with Crippen LogP contribution in [0.3, 0.4) is 0 Å². The monoisotopic (exact) mass is 438 g/mol. The van der Waals surface area contributed by atoms with Crippen molar-refractivity contribution in [2.75, 3.05) is 13.1 Å². The minimum atomic E-state index is 0.373. The van der Waals surface area contributed by atoms with Gasteiger partial charge in [0.1, 0.15) is 0 Å². The molecule has 1 saturated heterocycles. The molecule has 2 aromatic heterocycles. The van der Waals surface area contributed by atoms with Gasteiger partial charge in [0.15, 0.2) is 0 Å². The SMILES string of the molecule is c1ccc2sc(Oc3ccc4c(C[As]C5CCNCC5)c[nH]c4c3)nc2c1. The number of hydrogen-bond acceptors (Lipinski definition) is 4. The first kappa shape index (κ1) is 17.3. The molecule has 4 aromatic rings. The van der Waals surface area contributed by atoms with Crippen molar-refractivity contribution in [3.05, 3.63) is 54.2 Å². The van der Waals surface area contributed by atoms with Crippen molar-refractivity contribution in [1.82, 2.24) is 15.3 Å². The Labute approximate surface area is 169 Å². The number of nitrogens with zero attached hydrogens (tertiary/aromatic N) is 1. The molecule has 6 heteroatoms. The minimum absolute atomic E-state index is 0.373. The molecular weight excluding hydrogens is 417 g/mol. The van der Waals surface area contributed by atoms with Gasteiger partial charge in [0.2, 0.25) is 0 Å². The average Bonchev–Trinajstić information content (AvgIpc) is 3.30. The van der Waals surface area contributed by atoms with Gasteiger partial charge in [-0.15, -0.1) is 0 Å². The zero-order chi connectivity index (χ0) is 18.1. The molecule has 1 radical (unpaired) electrons. The van der Waals surface area contributed by atoms with E-state index in [0.717, 1.165) is 26.2 Å². The normalized spacial score (nSPS) is 16.0. The fraction of sp³-hybridized carbons (Fsp3) is 0.286. The van der Waals surface area contributed by atoms with Gasteiger partial charge in [-0.1, -0.05) is 0 Å². The van der Waals surface area contributed by atoms with E-state index in [2.05, 4.69) is 45.7 Å². The predicted molar refractivity (Wildman–Crippen MR) is 113 cm³/mol. The Morgan fingerprint density at radius 3 is 2.93 bits per heavy atom. The van der Waals surface area contributed by atoms with Crippen LogP contribution in [-0.2, 0) is 5.21 Å². The summed E-state index contributed by atoms with van der Waals surface area (Å²) in [5, 5.41) is 6.72. The van der Waals surface area contributed by atoms with E-state index in [1.165, 1.54) is 42.1 Å². The standard InChI is InChI=1S/C21H21AsN3OS/c1-2-4-20-18(3-1)25-21(27-20)26-16-5-6-17-14(13-24-19(17)11-16)12-22-15-7-9-23-10-8-15/h1-6,11,13,15,23-24H,7-10,12H2. The summed E-state index contributed by atoms with van der Waals surface area (Å²) in [6.45, 7) is 2.39. The van der Waals surface area contributed by atoms with Crippen molar-refractivity contribution in [3.63, 3.8) is 0 Å². The molecular formula is C21H21AsN3OS. The van der Waals surface area contributed by atoms with Gasteiger partial charge < -0.3 is 0 Å². The van der Waals surface area contributed by atoms with E-state index in [-0.39, 0.29) is 0 Å².